The molecule has 3 aromatic carbocycles. The Bertz CT molecular complexity index is 1280. The van der Waals surface area contributed by atoms with Crippen LogP contribution in [0.15, 0.2) is 78.0 Å². The third-order valence-electron chi connectivity index (χ3n) is 5.34. The normalized spacial score (nSPS) is 10.8. The fraction of sp³-hybridized carbons (Fsp3) is 0.192. The molecule has 174 valence electrons. The van der Waals surface area contributed by atoms with Crippen molar-refractivity contribution in [3.8, 4) is 22.9 Å². The van der Waals surface area contributed by atoms with Gasteiger partial charge in [0, 0.05) is 12.6 Å². The molecule has 0 saturated heterocycles. The van der Waals surface area contributed by atoms with E-state index in [1.807, 2.05) is 34.9 Å². The van der Waals surface area contributed by atoms with Gasteiger partial charge < -0.3 is 14.0 Å². The highest BCUT2D eigenvalue weighted by molar-refractivity contribution is 7.99. The molecule has 1 aromatic heterocycles. The lowest BCUT2D eigenvalue weighted by atomic mass is 10.1. The van der Waals surface area contributed by atoms with Crippen molar-refractivity contribution in [3.63, 3.8) is 0 Å². The highest BCUT2D eigenvalue weighted by atomic mass is 32.2. The summed E-state index contributed by atoms with van der Waals surface area (Å²) in [5, 5.41) is 9.10. The van der Waals surface area contributed by atoms with Crippen LogP contribution in [0.5, 0.6) is 11.5 Å². The zero-order valence-corrected chi connectivity index (χ0v) is 19.7. The molecule has 1 heterocycles. The molecule has 0 unspecified atom stereocenters. The summed E-state index contributed by atoms with van der Waals surface area (Å²) in [6.07, 6.45) is 0.716. The molecule has 0 aliphatic rings. The van der Waals surface area contributed by atoms with Crippen LogP contribution < -0.4 is 9.47 Å². The van der Waals surface area contributed by atoms with E-state index in [-0.39, 0.29) is 17.4 Å². The first kappa shape index (κ1) is 23.5. The van der Waals surface area contributed by atoms with Crippen molar-refractivity contribution in [2.45, 2.75) is 18.1 Å². The minimum Gasteiger partial charge on any atom is -0.497 e. The monoisotopic (exact) mass is 477 g/mol. The van der Waals surface area contributed by atoms with Crippen LogP contribution in [0.3, 0.4) is 0 Å². The molecule has 0 spiro atoms. The van der Waals surface area contributed by atoms with Crippen LogP contribution >= 0.6 is 11.8 Å². The van der Waals surface area contributed by atoms with Crippen molar-refractivity contribution in [1.82, 2.24) is 14.8 Å². The van der Waals surface area contributed by atoms with Crippen LogP contribution in [-0.2, 0) is 13.0 Å². The van der Waals surface area contributed by atoms with Crippen LogP contribution in [0.25, 0.3) is 11.4 Å². The van der Waals surface area contributed by atoms with E-state index in [0.29, 0.717) is 46.6 Å². The second-order valence-corrected chi connectivity index (χ2v) is 8.39. The molecule has 0 fully saturated rings. The minimum atomic E-state index is -0.369. The molecule has 4 aromatic rings. The zero-order chi connectivity index (χ0) is 23.9. The Morgan fingerprint density at radius 2 is 1.74 bits per heavy atom. The van der Waals surface area contributed by atoms with Gasteiger partial charge in [-0.2, -0.15) is 0 Å². The van der Waals surface area contributed by atoms with Gasteiger partial charge in [-0.1, -0.05) is 54.2 Å². The van der Waals surface area contributed by atoms with E-state index in [0.717, 1.165) is 5.56 Å². The second kappa shape index (κ2) is 11.0. The molecule has 34 heavy (non-hydrogen) atoms. The summed E-state index contributed by atoms with van der Waals surface area (Å²) < 4.78 is 27.0. The summed E-state index contributed by atoms with van der Waals surface area (Å²) >= 11 is 1.27. The van der Waals surface area contributed by atoms with Gasteiger partial charge in [0.05, 0.1) is 31.1 Å². The number of ether oxygens (including phenoxy) is 2. The maximum absolute atomic E-state index is 14.5. The van der Waals surface area contributed by atoms with Crippen LogP contribution in [-0.4, -0.2) is 40.5 Å². The molecule has 0 aliphatic carbocycles. The number of aromatic nitrogens is 3. The highest BCUT2D eigenvalue weighted by Gasteiger charge is 2.20. The smallest absolute Gasteiger partial charge is 0.191 e. The van der Waals surface area contributed by atoms with Gasteiger partial charge in [0.25, 0.3) is 0 Å². The number of carbonyl (C=O) groups is 1. The van der Waals surface area contributed by atoms with Gasteiger partial charge in [-0.3, -0.25) is 4.79 Å². The molecule has 8 heteroatoms. The van der Waals surface area contributed by atoms with E-state index < -0.39 is 0 Å². The Labute approximate surface area is 201 Å². The number of nitrogens with zero attached hydrogens (tertiary/aromatic N) is 3. The molecular formula is C26H24FN3O3S. The molecule has 0 radical (unpaired) electrons. The lowest BCUT2D eigenvalue weighted by Crippen LogP contribution is -2.09. The van der Waals surface area contributed by atoms with Crippen LogP contribution in [0.4, 0.5) is 4.39 Å². The van der Waals surface area contributed by atoms with Crippen LogP contribution in [0.1, 0.15) is 15.9 Å². The number of methoxy groups -OCH3 is 2. The topological polar surface area (TPSA) is 66.2 Å². The number of thioether (sulfide) groups is 1. The molecule has 0 saturated carbocycles. The Hall–Kier alpha value is -3.65. The van der Waals surface area contributed by atoms with E-state index in [2.05, 4.69) is 10.2 Å². The number of benzene rings is 3. The third kappa shape index (κ3) is 5.28. The first-order chi connectivity index (χ1) is 16.6. The molecule has 0 atom stereocenters. The SMILES string of the molecule is COc1ccc(C(=O)CSc2nnc(-c3ccccc3F)n2CCc2ccccc2)c(OC)c1. The molecule has 4 rings (SSSR count). The Morgan fingerprint density at radius 1 is 0.971 bits per heavy atom. The average molecular weight is 478 g/mol. The van der Waals surface area contributed by atoms with E-state index in [4.69, 9.17) is 9.47 Å². The molecular weight excluding hydrogens is 453 g/mol. The van der Waals surface area contributed by atoms with Gasteiger partial charge in [0.1, 0.15) is 17.3 Å². The fourth-order valence-corrected chi connectivity index (χ4v) is 4.41. The average Bonchev–Trinajstić information content (AvgIpc) is 3.28. The largest absolute Gasteiger partial charge is 0.497 e. The van der Waals surface area contributed by atoms with E-state index in [1.165, 1.54) is 24.9 Å². The minimum absolute atomic E-state index is 0.116. The number of Topliss-reactive ketones (excluding diaryl/α,β-unsaturated/α-hetero) is 1. The molecule has 0 bridgehead atoms. The summed E-state index contributed by atoms with van der Waals surface area (Å²) in [5.74, 6) is 1.13. The summed E-state index contributed by atoms with van der Waals surface area (Å²) in [4.78, 5) is 13.0. The summed E-state index contributed by atoms with van der Waals surface area (Å²) in [7, 11) is 3.07. The van der Waals surface area contributed by atoms with Crippen molar-refractivity contribution >= 4 is 17.5 Å². The number of ketones is 1. The lowest BCUT2D eigenvalue weighted by Gasteiger charge is -2.12. The third-order valence-corrected chi connectivity index (χ3v) is 6.31. The first-order valence-electron chi connectivity index (χ1n) is 10.7. The van der Waals surface area contributed by atoms with Crippen molar-refractivity contribution in [2.24, 2.45) is 0 Å². The van der Waals surface area contributed by atoms with Gasteiger partial charge in [0.2, 0.25) is 0 Å². The molecule has 0 amide bonds. The second-order valence-electron chi connectivity index (χ2n) is 7.45. The summed E-state index contributed by atoms with van der Waals surface area (Å²) in [5.41, 5.74) is 1.98. The van der Waals surface area contributed by atoms with Gasteiger partial charge >= 0.3 is 0 Å². The number of hydrogen-bond donors (Lipinski definition) is 0. The quantitative estimate of drug-likeness (QED) is 0.228. The van der Waals surface area contributed by atoms with Gasteiger partial charge in [-0.25, -0.2) is 4.39 Å². The Morgan fingerprint density at radius 3 is 2.47 bits per heavy atom. The highest BCUT2D eigenvalue weighted by Crippen LogP contribution is 2.29. The van der Waals surface area contributed by atoms with Gasteiger partial charge in [0.15, 0.2) is 16.8 Å². The van der Waals surface area contributed by atoms with E-state index in [9.17, 15) is 9.18 Å². The number of aryl methyl sites for hydroxylation is 1. The number of rotatable bonds is 10. The lowest BCUT2D eigenvalue weighted by molar-refractivity contribution is 0.101. The van der Waals surface area contributed by atoms with Gasteiger partial charge in [-0.05, 0) is 36.2 Å². The van der Waals surface area contributed by atoms with Gasteiger partial charge in [-0.15, -0.1) is 10.2 Å². The summed E-state index contributed by atoms with van der Waals surface area (Å²) in [6.45, 7) is 0.545. The van der Waals surface area contributed by atoms with Crippen molar-refractivity contribution in [1.29, 1.82) is 0 Å². The standard InChI is InChI=1S/C26H24FN3O3S/c1-32-19-12-13-21(24(16-19)33-2)23(31)17-34-26-29-28-25(20-10-6-7-11-22(20)27)30(26)15-14-18-8-4-3-5-9-18/h3-13,16H,14-15,17H2,1-2H3. The van der Waals surface area contributed by atoms with Crippen LogP contribution in [0.2, 0.25) is 0 Å². The van der Waals surface area contributed by atoms with E-state index >= 15 is 0 Å². The van der Waals surface area contributed by atoms with Crippen molar-refractivity contribution in [3.05, 3.63) is 89.7 Å². The number of carbonyl (C=O) groups excluding carboxylic acids is 1. The fourth-order valence-electron chi connectivity index (χ4n) is 3.56. The zero-order valence-electron chi connectivity index (χ0n) is 18.9. The van der Waals surface area contributed by atoms with E-state index in [1.54, 1.807) is 43.5 Å². The maximum atomic E-state index is 14.5. The molecule has 6 nitrogen and oxygen atoms in total. The van der Waals surface area contributed by atoms with Crippen molar-refractivity contribution in [2.75, 3.05) is 20.0 Å². The molecule has 0 aliphatic heterocycles. The predicted molar refractivity (Wildman–Crippen MR) is 130 cm³/mol. The Kier molecular flexibility index (Phi) is 7.59. The molecule has 0 N–H and O–H groups in total. The van der Waals surface area contributed by atoms with Crippen molar-refractivity contribution < 1.29 is 18.7 Å². The maximum Gasteiger partial charge on any atom is 0.191 e. The predicted octanol–water partition coefficient (Wildman–Crippen LogP) is 5.32. The Balaban J connectivity index is 1.59. The van der Waals surface area contributed by atoms with Crippen LogP contribution in [0, 0.1) is 5.82 Å². The summed E-state index contributed by atoms with van der Waals surface area (Å²) in [6, 6.07) is 21.6. The number of hydrogen-bond acceptors (Lipinski definition) is 6. The number of halogens is 1. The first-order valence-corrected chi connectivity index (χ1v) is 11.7.